The van der Waals surface area contributed by atoms with E-state index in [1.54, 1.807) is 36.4 Å². The first-order valence-corrected chi connectivity index (χ1v) is 9.52. The number of anilines is 2. The van der Waals surface area contributed by atoms with E-state index in [1.807, 2.05) is 26.8 Å². The Kier molecular flexibility index (Phi) is 7.77. The van der Waals surface area contributed by atoms with Gasteiger partial charge in [0.15, 0.2) is 0 Å². The van der Waals surface area contributed by atoms with Crippen molar-refractivity contribution in [2.24, 2.45) is 5.92 Å². The Morgan fingerprint density at radius 2 is 1.79 bits per heavy atom. The lowest BCUT2D eigenvalue weighted by Gasteiger charge is -2.12. The maximum absolute atomic E-state index is 12.3. The first-order chi connectivity index (χ1) is 13.7. The number of carbonyl (C=O) groups excluding carboxylic acids is 2. The summed E-state index contributed by atoms with van der Waals surface area (Å²) in [7, 11) is 0. The summed E-state index contributed by atoms with van der Waals surface area (Å²) in [5.74, 6) is -0.638. The van der Waals surface area contributed by atoms with Crippen LogP contribution < -0.4 is 16.0 Å². The highest BCUT2D eigenvalue weighted by atomic mass is 16.4. The van der Waals surface area contributed by atoms with Crippen molar-refractivity contribution < 1.29 is 19.5 Å². The zero-order valence-electron chi connectivity index (χ0n) is 16.9. The van der Waals surface area contributed by atoms with Gasteiger partial charge in [-0.1, -0.05) is 26.0 Å². The average molecular weight is 397 g/mol. The summed E-state index contributed by atoms with van der Waals surface area (Å²) < 4.78 is 0. The number of carbonyl (C=O) groups is 3. The first kappa shape index (κ1) is 21.9. The third-order valence-electron chi connectivity index (χ3n) is 4.22. The van der Waals surface area contributed by atoms with Crippen LogP contribution in [0, 0.1) is 12.8 Å². The Morgan fingerprint density at radius 3 is 2.45 bits per heavy atom. The van der Waals surface area contributed by atoms with Gasteiger partial charge in [-0.05, 0) is 60.7 Å². The van der Waals surface area contributed by atoms with Gasteiger partial charge in [0.1, 0.15) is 0 Å². The van der Waals surface area contributed by atoms with E-state index in [0.29, 0.717) is 35.8 Å². The molecule has 0 fully saturated rings. The molecule has 0 spiro atoms. The quantitative estimate of drug-likeness (QED) is 0.539. The minimum atomic E-state index is -0.863. The van der Waals surface area contributed by atoms with Crippen LogP contribution in [0.3, 0.4) is 0 Å². The van der Waals surface area contributed by atoms with Gasteiger partial charge in [0, 0.05) is 29.9 Å². The maximum atomic E-state index is 12.3. The summed E-state index contributed by atoms with van der Waals surface area (Å²) in [6.45, 7) is 6.48. The second-order valence-electron chi connectivity index (χ2n) is 7.31. The predicted molar refractivity (Wildman–Crippen MR) is 113 cm³/mol. The standard InChI is InChI=1S/C22H27N3O4/c1-14(2)13-23-21(28)17-8-9-19(15(3)11-17)25-22(29)24-18-6-4-5-16(12-18)7-10-20(26)27/h4-6,8-9,11-12,14H,7,10,13H2,1-3H3,(H,23,28)(H,26,27)(H2,24,25,29). The predicted octanol–water partition coefficient (Wildman–Crippen LogP) is 4.04. The largest absolute Gasteiger partial charge is 0.481 e. The Balaban J connectivity index is 1.97. The number of urea groups is 1. The number of aliphatic carboxylic acids is 1. The molecule has 7 nitrogen and oxygen atoms in total. The molecule has 0 saturated heterocycles. The third-order valence-corrected chi connectivity index (χ3v) is 4.22. The molecule has 3 amide bonds. The molecule has 29 heavy (non-hydrogen) atoms. The normalized spacial score (nSPS) is 10.5. The van der Waals surface area contributed by atoms with Crippen LogP contribution in [0.5, 0.6) is 0 Å². The molecule has 0 saturated carbocycles. The summed E-state index contributed by atoms with van der Waals surface area (Å²) in [6.07, 6.45) is 0.428. The molecular weight excluding hydrogens is 370 g/mol. The first-order valence-electron chi connectivity index (χ1n) is 9.52. The molecule has 7 heteroatoms. The fraction of sp³-hybridized carbons (Fsp3) is 0.318. The van der Waals surface area contributed by atoms with Crippen molar-refractivity contribution in [2.45, 2.75) is 33.6 Å². The van der Waals surface area contributed by atoms with E-state index in [0.717, 1.165) is 11.1 Å². The lowest BCUT2D eigenvalue weighted by molar-refractivity contribution is -0.136. The van der Waals surface area contributed by atoms with Crippen LogP contribution in [-0.2, 0) is 11.2 Å². The van der Waals surface area contributed by atoms with E-state index in [4.69, 9.17) is 5.11 Å². The molecule has 2 aromatic carbocycles. The van der Waals surface area contributed by atoms with E-state index < -0.39 is 12.0 Å². The minimum Gasteiger partial charge on any atom is -0.481 e. The minimum absolute atomic E-state index is 0.0337. The fourth-order valence-corrected chi connectivity index (χ4v) is 2.68. The molecule has 0 aliphatic carbocycles. The summed E-state index contributed by atoms with van der Waals surface area (Å²) in [4.78, 5) is 35.2. The molecule has 0 aliphatic heterocycles. The Morgan fingerprint density at radius 1 is 1.03 bits per heavy atom. The van der Waals surface area contributed by atoms with Crippen molar-refractivity contribution in [3.05, 3.63) is 59.2 Å². The third kappa shape index (κ3) is 7.29. The van der Waals surface area contributed by atoms with Crippen LogP contribution in [0.1, 0.15) is 41.8 Å². The molecule has 0 atom stereocenters. The highest BCUT2D eigenvalue weighted by molar-refractivity contribution is 6.01. The number of aryl methyl sites for hydroxylation is 2. The molecule has 2 aromatic rings. The number of hydrogen-bond acceptors (Lipinski definition) is 3. The molecule has 0 aliphatic rings. The van der Waals surface area contributed by atoms with Crippen LogP contribution in [0.2, 0.25) is 0 Å². The number of nitrogens with one attached hydrogen (secondary N) is 3. The second-order valence-corrected chi connectivity index (χ2v) is 7.31. The van der Waals surface area contributed by atoms with Crippen molar-refractivity contribution in [1.82, 2.24) is 5.32 Å². The average Bonchev–Trinajstić information content (AvgIpc) is 2.66. The van der Waals surface area contributed by atoms with Crippen molar-refractivity contribution in [3.63, 3.8) is 0 Å². The van der Waals surface area contributed by atoms with Gasteiger partial charge >= 0.3 is 12.0 Å². The fourth-order valence-electron chi connectivity index (χ4n) is 2.68. The Labute approximate surface area is 170 Å². The van der Waals surface area contributed by atoms with Crippen LogP contribution in [0.4, 0.5) is 16.2 Å². The lowest BCUT2D eigenvalue weighted by atomic mass is 10.1. The number of carboxylic acid groups (broad SMARTS) is 1. The highest BCUT2D eigenvalue weighted by Gasteiger charge is 2.10. The van der Waals surface area contributed by atoms with E-state index in [2.05, 4.69) is 16.0 Å². The van der Waals surface area contributed by atoms with Gasteiger partial charge in [0.05, 0.1) is 0 Å². The molecule has 154 valence electrons. The molecule has 0 radical (unpaired) electrons. The van der Waals surface area contributed by atoms with Gasteiger partial charge in [-0.2, -0.15) is 0 Å². The van der Waals surface area contributed by atoms with E-state index in [9.17, 15) is 14.4 Å². The number of hydrogen-bond donors (Lipinski definition) is 4. The van der Waals surface area contributed by atoms with Crippen molar-refractivity contribution in [2.75, 3.05) is 17.2 Å². The molecule has 0 heterocycles. The molecule has 0 aromatic heterocycles. The number of benzene rings is 2. The zero-order valence-corrected chi connectivity index (χ0v) is 16.9. The summed E-state index contributed by atoms with van der Waals surface area (Å²) in [5.41, 5.74) is 3.32. The van der Waals surface area contributed by atoms with Gasteiger partial charge in [-0.25, -0.2) is 4.79 Å². The SMILES string of the molecule is Cc1cc(C(=O)NCC(C)C)ccc1NC(=O)Nc1cccc(CCC(=O)O)c1. The molecule has 0 bridgehead atoms. The highest BCUT2D eigenvalue weighted by Crippen LogP contribution is 2.18. The van der Waals surface area contributed by atoms with E-state index in [1.165, 1.54) is 0 Å². The topological polar surface area (TPSA) is 108 Å². The van der Waals surface area contributed by atoms with Gasteiger partial charge < -0.3 is 21.1 Å². The van der Waals surface area contributed by atoms with Gasteiger partial charge in [-0.3, -0.25) is 9.59 Å². The summed E-state index contributed by atoms with van der Waals surface area (Å²) in [5, 5.41) is 17.2. The number of amides is 3. The van der Waals surface area contributed by atoms with Crippen LogP contribution in [0.25, 0.3) is 0 Å². The van der Waals surface area contributed by atoms with Crippen LogP contribution in [-0.4, -0.2) is 29.6 Å². The monoisotopic (exact) mass is 397 g/mol. The maximum Gasteiger partial charge on any atom is 0.323 e. The zero-order chi connectivity index (χ0) is 21.4. The van der Waals surface area contributed by atoms with E-state index >= 15 is 0 Å². The molecule has 2 rings (SSSR count). The van der Waals surface area contributed by atoms with Gasteiger partial charge in [0.25, 0.3) is 5.91 Å². The van der Waals surface area contributed by atoms with Crippen LogP contribution in [0.15, 0.2) is 42.5 Å². The number of carboxylic acids is 1. The lowest BCUT2D eigenvalue weighted by Crippen LogP contribution is -2.27. The summed E-state index contributed by atoms with van der Waals surface area (Å²) in [6, 6.07) is 11.8. The second kappa shape index (κ2) is 10.3. The summed E-state index contributed by atoms with van der Waals surface area (Å²) >= 11 is 0. The van der Waals surface area contributed by atoms with Gasteiger partial charge in [0.2, 0.25) is 0 Å². The Bertz CT molecular complexity index is 893. The van der Waals surface area contributed by atoms with Crippen molar-refractivity contribution >= 4 is 29.3 Å². The Hall–Kier alpha value is -3.35. The number of rotatable bonds is 8. The van der Waals surface area contributed by atoms with Gasteiger partial charge in [-0.15, -0.1) is 0 Å². The molecule has 4 N–H and O–H groups in total. The smallest absolute Gasteiger partial charge is 0.323 e. The van der Waals surface area contributed by atoms with E-state index in [-0.39, 0.29) is 12.3 Å². The van der Waals surface area contributed by atoms with Crippen LogP contribution >= 0.6 is 0 Å². The molecule has 0 unspecified atom stereocenters. The van der Waals surface area contributed by atoms with Crippen molar-refractivity contribution in [3.8, 4) is 0 Å². The molecular formula is C22H27N3O4. The van der Waals surface area contributed by atoms with Crippen molar-refractivity contribution in [1.29, 1.82) is 0 Å².